The lowest BCUT2D eigenvalue weighted by molar-refractivity contribution is 0.0769. The van der Waals surface area contributed by atoms with E-state index >= 15 is 0 Å². The van der Waals surface area contributed by atoms with E-state index in [1.54, 1.807) is 23.1 Å². The lowest BCUT2D eigenvalue weighted by atomic mass is 10.1. The van der Waals surface area contributed by atoms with Crippen LogP contribution >= 0.6 is 11.6 Å². The van der Waals surface area contributed by atoms with E-state index in [4.69, 9.17) is 16.0 Å². The predicted octanol–water partition coefficient (Wildman–Crippen LogP) is 2.93. The molecule has 0 saturated carbocycles. The number of hydrogen-bond acceptors (Lipinski definition) is 3. The number of nitrogens with zero attached hydrogens (tertiary/aromatic N) is 1. The van der Waals surface area contributed by atoms with Crippen molar-refractivity contribution >= 4 is 28.5 Å². The Bertz CT molecular complexity index is 674. The molecule has 0 saturated heterocycles. The lowest BCUT2D eigenvalue weighted by Gasteiger charge is -2.17. The van der Waals surface area contributed by atoms with Crippen LogP contribution in [-0.4, -0.2) is 23.9 Å². The van der Waals surface area contributed by atoms with Crippen LogP contribution in [0.15, 0.2) is 33.5 Å². The first-order chi connectivity index (χ1) is 9.06. The average Bonchev–Trinajstić information content (AvgIpc) is 2.39. The second-order valence-electron chi connectivity index (χ2n) is 4.11. The molecule has 5 heteroatoms. The minimum Gasteiger partial charge on any atom is -0.422 e. The van der Waals surface area contributed by atoms with Crippen LogP contribution in [0.2, 0.25) is 5.02 Å². The first-order valence-electron chi connectivity index (χ1n) is 6.09. The van der Waals surface area contributed by atoms with Gasteiger partial charge in [0.05, 0.1) is 0 Å². The third-order valence-corrected chi connectivity index (χ3v) is 3.21. The molecule has 0 N–H and O–H groups in total. The van der Waals surface area contributed by atoms with E-state index in [1.807, 2.05) is 13.8 Å². The Kier molecular flexibility index (Phi) is 3.90. The number of amides is 1. The summed E-state index contributed by atoms with van der Waals surface area (Å²) in [7, 11) is 0. The van der Waals surface area contributed by atoms with E-state index in [0.29, 0.717) is 29.1 Å². The summed E-state index contributed by atoms with van der Waals surface area (Å²) in [6.45, 7) is 4.81. The number of fused-ring (bicyclic) bond motifs is 1. The fourth-order valence-corrected chi connectivity index (χ4v) is 2.11. The molecule has 0 fully saturated rings. The van der Waals surface area contributed by atoms with Crippen molar-refractivity contribution in [3.8, 4) is 0 Å². The van der Waals surface area contributed by atoms with Gasteiger partial charge in [0, 0.05) is 23.5 Å². The Morgan fingerprint density at radius 2 is 1.95 bits per heavy atom. The van der Waals surface area contributed by atoms with Gasteiger partial charge in [0.2, 0.25) is 0 Å². The summed E-state index contributed by atoms with van der Waals surface area (Å²) in [5.74, 6) is -0.319. The molecule has 0 radical (unpaired) electrons. The van der Waals surface area contributed by atoms with E-state index in [-0.39, 0.29) is 11.5 Å². The van der Waals surface area contributed by atoms with Crippen LogP contribution < -0.4 is 5.63 Å². The molecular weight excluding hydrogens is 266 g/mol. The molecule has 0 aliphatic rings. The van der Waals surface area contributed by atoms with Crippen molar-refractivity contribution in [3.63, 3.8) is 0 Å². The van der Waals surface area contributed by atoms with Crippen molar-refractivity contribution in [3.05, 3.63) is 45.3 Å². The number of hydrogen-bond donors (Lipinski definition) is 0. The zero-order valence-electron chi connectivity index (χ0n) is 10.8. The van der Waals surface area contributed by atoms with Crippen molar-refractivity contribution in [2.45, 2.75) is 13.8 Å². The van der Waals surface area contributed by atoms with Crippen LogP contribution in [0.4, 0.5) is 0 Å². The molecule has 0 atom stereocenters. The maximum absolute atomic E-state index is 12.2. The molecule has 1 aromatic carbocycles. The molecule has 0 aliphatic heterocycles. The average molecular weight is 280 g/mol. The van der Waals surface area contributed by atoms with Crippen LogP contribution in [0.3, 0.4) is 0 Å². The second kappa shape index (κ2) is 5.45. The smallest absolute Gasteiger partial charge is 0.349 e. The maximum atomic E-state index is 12.2. The Morgan fingerprint density at radius 3 is 2.58 bits per heavy atom. The van der Waals surface area contributed by atoms with Crippen molar-refractivity contribution in [2.75, 3.05) is 13.1 Å². The van der Waals surface area contributed by atoms with Crippen molar-refractivity contribution < 1.29 is 9.21 Å². The Balaban J connectivity index is 2.57. The van der Waals surface area contributed by atoms with Gasteiger partial charge >= 0.3 is 5.63 Å². The van der Waals surface area contributed by atoms with Crippen molar-refractivity contribution in [2.24, 2.45) is 0 Å². The van der Waals surface area contributed by atoms with Gasteiger partial charge in [-0.1, -0.05) is 11.6 Å². The molecular formula is C14H14ClNO3. The third-order valence-electron chi connectivity index (χ3n) is 2.98. The van der Waals surface area contributed by atoms with Crippen LogP contribution in [0, 0.1) is 0 Å². The molecule has 2 aromatic rings. The Morgan fingerprint density at radius 1 is 1.26 bits per heavy atom. The molecule has 0 bridgehead atoms. The van der Waals surface area contributed by atoms with Gasteiger partial charge in [-0.2, -0.15) is 0 Å². The molecule has 100 valence electrons. The zero-order chi connectivity index (χ0) is 14.0. The van der Waals surface area contributed by atoms with Crippen molar-refractivity contribution in [1.82, 2.24) is 4.90 Å². The highest BCUT2D eigenvalue weighted by atomic mass is 35.5. The van der Waals surface area contributed by atoms with Gasteiger partial charge in [0.1, 0.15) is 11.1 Å². The topological polar surface area (TPSA) is 50.5 Å². The second-order valence-corrected chi connectivity index (χ2v) is 4.54. The summed E-state index contributed by atoms with van der Waals surface area (Å²) in [6, 6.07) is 6.45. The normalized spacial score (nSPS) is 10.7. The molecule has 2 rings (SSSR count). The van der Waals surface area contributed by atoms with Gasteiger partial charge in [-0.25, -0.2) is 4.79 Å². The number of rotatable bonds is 3. The van der Waals surface area contributed by atoms with Gasteiger partial charge in [0.25, 0.3) is 5.91 Å². The number of carbonyl (C=O) groups excluding carboxylic acids is 1. The molecule has 0 unspecified atom stereocenters. The first kappa shape index (κ1) is 13.6. The zero-order valence-corrected chi connectivity index (χ0v) is 11.5. The highest BCUT2D eigenvalue weighted by Gasteiger charge is 2.18. The number of benzene rings is 1. The molecule has 1 aromatic heterocycles. The summed E-state index contributed by atoms with van der Waals surface area (Å²) >= 11 is 5.89. The quantitative estimate of drug-likeness (QED) is 0.812. The van der Waals surface area contributed by atoms with E-state index in [9.17, 15) is 9.59 Å². The minimum absolute atomic E-state index is 0.0402. The van der Waals surface area contributed by atoms with Gasteiger partial charge in [0.15, 0.2) is 0 Å². The molecule has 1 heterocycles. The van der Waals surface area contributed by atoms with Crippen LogP contribution in [0.1, 0.15) is 24.2 Å². The first-order valence-corrected chi connectivity index (χ1v) is 6.47. The monoisotopic (exact) mass is 279 g/mol. The van der Waals surface area contributed by atoms with Gasteiger partial charge in [-0.3, -0.25) is 4.79 Å². The molecule has 1 amide bonds. The number of carbonyl (C=O) groups is 1. The summed E-state index contributed by atoms with van der Waals surface area (Å²) in [5, 5.41) is 1.17. The highest BCUT2D eigenvalue weighted by Crippen LogP contribution is 2.19. The highest BCUT2D eigenvalue weighted by molar-refractivity contribution is 6.31. The standard InChI is InChI=1S/C14H14ClNO3/c1-3-16(4-2)13(17)11-8-9-7-10(15)5-6-12(9)19-14(11)18/h5-8H,3-4H2,1-2H3. The fourth-order valence-electron chi connectivity index (χ4n) is 1.92. The molecule has 19 heavy (non-hydrogen) atoms. The molecule has 0 aliphatic carbocycles. The summed E-state index contributed by atoms with van der Waals surface area (Å²) in [6.07, 6.45) is 0. The summed E-state index contributed by atoms with van der Waals surface area (Å²) in [4.78, 5) is 25.6. The van der Waals surface area contributed by atoms with Crippen LogP contribution in [-0.2, 0) is 0 Å². The van der Waals surface area contributed by atoms with Crippen molar-refractivity contribution in [1.29, 1.82) is 0 Å². The maximum Gasteiger partial charge on any atom is 0.349 e. The van der Waals surface area contributed by atoms with E-state index in [1.165, 1.54) is 6.07 Å². The summed E-state index contributed by atoms with van der Waals surface area (Å²) < 4.78 is 5.15. The molecule has 0 spiro atoms. The number of halogens is 1. The van der Waals surface area contributed by atoms with E-state index in [2.05, 4.69) is 0 Å². The van der Waals surface area contributed by atoms with E-state index < -0.39 is 5.63 Å². The Labute approximate surface area is 115 Å². The minimum atomic E-state index is -0.619. The Hall–Kier alpha value is -1.81. The summed E-state index contributed by atoms with van der Waals surface area (Å²) in [5.41, 5.74) is -0.157. The van der Waals surface area contributed by atoms with E-state index in [0.717, 1.165) is 0 Å². The lowest BCUT2D eigenvalue weighted by Crippen LogP contribution is -2.33. The third kappa shape index (κ3) is 2.63. The van der Waals surface area contributed by atoms with Gasteiger partial charge < -0.3 is 9.32 Å². The fraction of sp³-hybridized carbons (Fsp3) is 0.286. The predicted molar refractivity (Wildman–Crippen MR) is 74.7 cm³/mol. The van der Waals surface area contributed by atoms with Gasteiger partial charge in [-0.05, 0) is 38.1 Å². The SMILES string of the molecule is CCN(CC)C(=O)c1cc2cc(Cl)ccc2oc1=O. The van der Waals surface area contributed by atoms with Crippen LogP contribution in [0.25, 0.3) is 11.0 Å². The van der Waals surface area contributed by atoms with Crippen LogP contribution in [0.5, 0.6) is 0 Å². The largest absolute Gasteiger partial charge is 0.422 e. The molecule has 4 nitrogen and oxygen atoms in total. The van der Waals surface area contributed by atoms with Gasteiger partial charge in [-0.15, -0.1) is 0 Å².